The molecule has 11 heteroatoms. The zero-order chi connectivity index (χ0) is 19.6. The molecule has 0 fully saturated rings. The smallest absolute Gasteiger partial charge is 0.338 e. The highest BCUT2D eigenvalue weighted by atomic mass is 35.5. The lowest BCUT2D eigenvalue weighted by Gasteiger charge is -2.20. The first kappa shape index (κ1) is 18.5. The second kappa shape index (κ2) is 7.56. The summed E-state index contributed by atoms with van der Waals surface area (Å²) in [4.78, 5) is 32.9. The van der Waals surface area contributed by atoms with E-state index >= 15 is 0 Å². The lowest BCUT2D eigenvalue weighted by Crippen LogP contribution is -2.15. The molecule has 2 aromatic rings. The third kappa shape index (κ3) is 3.96. The van der Waals surface area contributed by atoms with Crippen molar-refractivity contribution in [2.75, 3.05) is 6.79 Å². The van der Waals surface area contributed by atoms with E-state index in [1.807, 2.05) is 0 Å². The van der Waals surface area contributed by atoms with Crippen molar-refractivity contribution < 1.29 is 28.9 Å². The maximum absolute atomic E-state index is 12.2. The summed E-state index contributed by atoms with van der Waals surface area (Å²) < 4.78 is 15.6. The molecule has 0 saturated heterocycles. The summed E-state index contributed by atoms with van der Waals surface area (Å²) in [7, 11) is 0. The Hall–Kier alpha value is -3.24. The number of hydrogen-bond donors (Lipinski definition) is 0. The fourth-order valence-electron chi connectivity index (χ4n) is 2.50. The monoisotopic (exact) mass is 394 g/mol. The summed E-state index contributed by atoms with van der Waals surface area (Å²) in [5.41, 5.74) is 0.0490. The Morgan fingerprint density at radius 3 is 2.67 bits per heavy atom. The first-order valence-corrected chi connectivity index (χ1v) is 7.86. The van der Waals surface area contributed by atoms with Crippen LogP contribution in [0.25, 0.3) is 0 Å². The van der Waals surface area contributed by atoms with E-state index in [0.717, 1.165) is 6.07 Å². The summed E-state index contributed by atoms with van der Waals surface area (Å²) >= 11 is 5.71. The Labute approximate surface area is 156 Å². The number of nitro groups is 2. The molecule has 1 aliphatic heterocycles. The van der Waals surface area contributed by atoms with Crippen LogP contribution in [0.5, 0.6) is 5.75 Å². The average molecular weight is 395 g/mol. The van der Waals surface area contributed by atoms with Gasteiger partial charge in [0, 0.05) is 29.3 Å². The van der Waals surface area contributed by atoms with Gasteiger partial charge in [0.25, 0.3) is 11.4 Å². The van der Waals surface area contributed by atoms with Crippen LogP contribution in [-0.2, 0) is 22.7 Å². The van der Waals surface area contributed by atoms with Gasteiger partial charge in [-0.25, -0.2) is 4.79 Å². The van der Waals surface area contributed by atoms with Crippen LogP contribution in [0.4, 0.5) is 11.4 Å². The molecule has 27 heavy (non-hydrogen) atoms. The number of nitro benzene ring substituents is 2. The number of carbonyl (C=O) groups is 1. The molecule has 0 unspecified atom stereocenters. The third-order valence-electron chi connectivity index (χ3n) is 3.72. The molecule has 0 radical (unpaired) electrons. The van der Waals surface area contributed by atoms with E-state index in [0.29, 0.717) is 16.9 Å². The van der Waals surface area contributed by atoms with E-state index in [2.05, 4.69) is 0 Å². The van der Waals surface area contributed by atoms with E-state index in [9.17, 15) is 25.0 Å². The van der Waals surface area contributed by atoms with Crippen LogP contribution < -0.4 is 4.74 Å². The SMILES string of the molecule is O=C(OCc1cc([N+](=O)[O-])cc2c1OCOC2)c1ccc(Cl)c([N+](=O)[O-])c1. The van der Waals surface area contributed by atoms with Crippen LogP contribution >= 0.6 is 11.6 Å². The average Bonchev–Trinajstić information content (AvgIpc) is 2.65. The minimum absolute atomic E-state index is 0.0326. The Balaban J connectivity index is 1.83. The molecule has 0 spiro atoms. The second-order valence-corrected chi connectivity index (χ2v) is 5.87. The summed E-state index contributed by atoms with van der Waals surface area (Å²) in [6.07, 6.45) is 0. The molecule has 140 valence electrons. The van der Waals surface area contributed by atoms with Gasteiger partial charge in [0.1, 0.15) is 17.4 Å². The van der Waals surface area contributed by atoms with Crippen LogP contribution in [0.15, 0.2) is 30.3 Å². The predicted octanol–water partition coefficient (Wildman–Crippen LogP) is 3.38. The minimum atomic E-state index is -0.845. The zero-order valence-corrected chi connectivity index (χ0v) is 14.3. The van der Waals surface area contributed by atoms with Gasteiger partial charge in [-0.3, -0.25) is 20.2 Å². The fraction of sp³-hybridized carbons (Fsp3) is 0.188. The molecule has 1 heterocycles. The molecule has 1 aliphatic rings. The van der Waals surface area contributed by atoms with Crippen LogP contribution in [0.1, 0.15) is 21.5 Å². The van der Waals surface area contributed by atoms with Crippen molar-refractivity contribution in [1.29, 1.82) is 0 Å². The number of benzene rings is 2. The lowest BCUT2D eigenvalue weighted by molar-refractivity contribution is -0.385. The van der Waals surface area contributed by atoms with Crippen LogP contribution in [0.3, 0.4) is 0 Å². The Kier molecular flexibility index (Phi) is 5.19. The van der Waals surface area contributed by atoms with Gasteiger partial charge in [0.2, 0.25) is 0 Å². The van der Waals surface area contributed by atoms with Crippen LogP contribution in [-0.4, -0.2) is 22.6 Å². The number of hydrogen-bond acceptors (Lipinski definition) is 8. The number of fused-ring (bicyclic) bond motifs is 1. The highest BCUT2D eigenvalue weighted by Crippen LogP contribution is 2.33. The van der Waals surface area contributed by atoms with Gasteiger partial charge in [0.05, 0.1) is 22.0 Å². The predicted molar refractivity (Wildman–Crippen MR) is 90.6 cm³/mol. The molecule has 0 atom stereocenters. The van der Waals surface area contributed by atoms with Gasteiger partial charge < -0.3 is 14.2 Å². The molecule has 2 aromatic carbocycles. The Morgan fingerprint density at radius 1 is 1.19 bits per heavy atom. The van der Waals surface area contributed by atoms with Crippen molar-refractivity contribution in [3.8, 4) is 5.75 Å². The molecule has 0 N–H and O–H groups in total. The maximum atomic E-state index is 12.2. The van der Waals surface area contributed by atoms with E-state index in [4.69, 9.17) is 25.8 Å². The molecule has 10 nitrogen and oxygen atoms in total. The van der Waals surface area contributed by atoms with Gasteiger partial charge in [-0.2, -0.15) is 0 Å². The quantitative estimate of drug-likeness (QED) is 0.428. The molecule has 3 rings (SSSR count). The Morgan fingerprint density at radius 2 is 1.96 bits per heavy atom. The number of ether oxygens (including phenoxy) is 3. The van der Waals surface area contributed by atoms with Gasteiger partial charge in [-0.05, 0) is 12.1 Å². The van der Waals surface area contributed by atoms with Crippen LogP contribution in [0.2, 0.25) is 5.02 Å². The number of halogens is 1. The van der Waals surface area contributed by atoms with Gasteiger partial charge >= 0.3 is 5.97 Å². The van der Waals surface area contributed by atoms with Crippen LogP contribution in [0, 0.1) is 20.2 Å². The fourth-order valence-corrected chi connectivity index (χ4v) is 2.69. The maximum Gasteiger partial charge on any atom is 0.338 e. The van der Waals surface area contributed by atoms with Crippen molar-refractivity contribution in [2.45, 2.75) is 13.2 Å². The highest BCUT2D eigenvalue weighted by Gasteiger charge is 2.23. The summed E-state index contributed by atoms with van der Waals surface area (Å²) in [6.45, 7) is -0.226. The molecule has 0 aliphatic carbocycles. The summed E-state index contributed by atoms with van der Waals surface area (Å²) in [6, 6.07) is 6.05. The first-order chi connectivity index (χ1) is 12.9. The minimum Gasteiger partial charge on any atom is -0.467 e. The van der Waals surface area contributed by atoms with Crippen molar-refractivity contribution in [3.05, 3.63) is 72.3 Å². The largest absolute Gasteiger partial charge is 0.467 e. The van der Waals surface area contributed by atoms with Crippen molar-refractivity contribution >= 4 is 28.9 Å². The Bertz CT molecular complexity index is 946. The van der Waals surface area contributed by atoms with Crippen molar-refractivity contribution in [1.82, 2.24) is 0 Å². The van der Waals surface area contributed by atoms with E-state index < -0.39 is 21.5 Å². The van der Waals surface area contributed by atoms with Crippen molar-refractivity contribution in [3.63, 3.8) is 0 Å². The first-order valence-electron chi connectivity index (χ1n) is 7.48. The number of nitrogens with zero attached hydrogens (tertiary/aromatic N) is 2. The van der Waals surface area contributed by atoms with E-state index in [1.165, 1.54) is 24.3 Å². The molecule has 0 saturated carbocycles. The topological polar surface area (TPSA) is 131 Å². The summed E-state index contributed by atoms with van der Waals surface area (Å²) in [5, 5.41) is 21.9. The zero-order valence-electron chi connectivity index (χ0n) is 13.5. The molecule has 0 amide bonds. The number of rotatable bonds is 5. The van der Waals surface area contributed by atoms with E-state index in [1.54, 1.807) is 0 Å². The standard InChI is InChI=1S/C16H11ClN2O8/c17-13-2-1-9(5-14(13)19(23)24)16(20)26-7-11-4-12(18(21)22)3-10-6-25-8-27-15(10)11/h1-5H,6-8H2. The molecular weight excluding hydrogens is 384 g/mol. The highest BCUT2D eigenvalue weighted by molar-refractivity contribution is 6.32. The van der Waals surface area contributed by atoms with Gasteiger partial charge in [0.15, 0.2) is 6.79 Å². The lowest BCUT2D eigenvalue weighted by atomic mass is 10.1. The molecule has 0 aromatic heterocycles. The number of non-ortho nitro benzene ring substituents is 1. The van der Waals surface area contributed by atoms with Gasteiger partial charge in [-0.15, -0.1) is 0 Å². The second-order valence-electron chi connectivity index (χ2n) is 5.46. The normalized spacial score (nSPS) is 12.6. The van der Waals surface area contributed by atoms with E-state index in [-0.39, 0.29) is 36.3 Å². The summed E-state index contributed by atoms with van der Waals surface area (Å²) in [5.74, 6) is -0.496. The van der Waals surface area contributed by atoms with Crippen molar-refractivity contribution in [2.24, 2.45) is 0 Å². The number of carbonyl (C=O) groups excluding carboxylic acids is 1. The van der Waals surface area contributed by atoms with Gasteiger partial charge in [-0.1, -0.05) is 11.6 Å². The molecular formula is C16H11ClN2O8. The number of esters is 1. The molecule has 0 bridgehead atoms. The third-order valence-corrected chi connectivity index (χ3v) is 4.04.